The van der Waals surface area contributed by atoms with E-state index < -0.39 is 21.6 Å². The van der Waals surface area contributed by atoms with Crippen LogP contribution < -0.4 is 0 Å². The average molecular weight is 411 g/mol. The Morgan fingerprint density at radius 3 is 2.29 bits per heavy atom. The van der Waals surface area contributed by atoms with Crippen molar-refractivity contribution < 1.29 is 22.3 Å². The van der Waals surface area contributed by atoms with Crippen LogP contribution in [0.2, 0.25) is 0 Å². The van der Waals surface area contributed by atoms with Crippen molar-refractivity contribution in [2.24, 2.45) is 0 Å². The Bertz CT molecular complexity index is 963. The molecule has 0 bridgehead atoms. The standard InChI is InChI=1S/C17H12BrFO4S/c1-24(21,22)12-5-2-10(3-6-12)13-9-23-17(20)16(13)11-4-7-15(19)14(18)8-11/h2-8H,9H2,1H3. The Labute approximate surface area is 147 Å². The maximum atomic E-state index is 13.4. The quantitative estimate of drug-likeness (QED) is 0.726. The molecule has 4 nitrogen and oxygen atoms in total. The summed E-state index contributed by atoms with van der Waals surface area (Å²) >= 11 is 3.10. The second kappa shape index (κ2) is 6.14. The van der Waals surface area contributed by atoms with E-state index >= 15 is 0 Å². The summed E-state index contributed by atoms with van der Waals surface area (Å²) in [6.07, 6.45) is 1.13. The highest BCUT2D eigenvalue weighted by Crippen LogP contribution is 2.34. The van der Waals surface area contributed by atoms with Gasteiger partial charge in [0.05, 0.1) is 14.9 Å². The molecule has 0 spiro atoms. The van der Waals surface area contributed by atoms with Gasteiger partial charge in [-0.25, -0.2) is 17.6 Å². The number of hydrogen-bond donors (Lipinski definition) is 0. The molecule has 2 aromatic rings. The molecule has 1 heterocycles. The van der Waals surface area contributed by atoms with Crippen LogP contribution in [0.15, 0.2) is 51.8 Å². The molecule has 0 saturated carbocycles. The van der Waals surface area contributed by atoms with E-state index in [9.17, 15) is 17.6 Å². The number of sulfone groups is 1. The monoisotopic (exact) mass is 410 g/mol. The van der Waals surface area contributed by atoms with Gasteiger partial charge in [0.2, 0.25) is 0 Å². The number of esters is 1. The lowest BCUT2D eigenvalue weighted by molar-refractivity contribution is -0.133. The largest absolute Gasteiger partial charge is 0.457 e. The predicted molar refractivity (Wildman–Crippen MR) is 91.4 cm³/mol. The number of cyclic esters (lactones) is 1. The summed E-state index contributed by atoms with van der Waals surface area (Å²) in [5.74, 6) is -0.916. The fraction of sp³-hybridized carbons (Fsp3) is 0.118. The van der Waals surface area contributed by atoms with Crippen LogP contribution in [0.3, 0.4) is 0 Å². The number of carbonyl (C=O) groups is 1. The zero-order valence-corrected chi connectivity index (χ0v) is 14.9. The SMILES string of the molecule is CS(=O)(=O)c1ccc(C2=C(c3ccc(F)c(Br)c3)C(=O)OC2)cc1. The van der Waals surface area contributed by atoms with Gasteiger partial charge >= 0.3 is 5.97 Å². The molecule has 0 radical (unpaired) electrons. The van der Waals surface area contributed by atoms with Gasteiger partial charge in [-0.1, -0.05) is 18.2 Å². The third-order valence-corrected chi connectivity index (χ3v) is 5.43. The summed E-state index contributed by atoms with van der Waals surface area (Å²) in [5.41, 5.74) is 2.21. The molecule has 1 aliphatic heterocycles. The van der Waals surface area contributed by atoms with Crippen LogP contribution >= 0.6 is 15.9 Å². The third-order valence-electron chi connectivity index (χ3n) is 3.69. The van der Waals surface area contributed by atoms with Crippen LogP contribution in [0.1, 0.15) is 11.1 Å². The summed E-state index contributed by atoms with van der Waals surface area (Å²) in [6, 6.07) is 10.5. The van der Waals surface area contributed by atoms with Crippen molar-refractivity contribution in [3.63, 3.8) is 0 Å². The number of hydrogen-bond acceptors (Lipinski definition) is 4. The summed E-state index contributed by atoms with van der Waals surface area (Å²) in [5, 5.41) is 0. The van der Waals surface area contributed by atoms with E-state index in [-0.39, 0.29) is 16.0 Å². The molecule has 0 atom stereocenters. The Balaban J connectivity index is 2.11. The molecule has 0 N–H and O–H groups in total. The van der Waals surface area contributed by atoms with Crippen LogP contribution in [0.4, 0.5) is 4.39 Å². The molecule has 1 aliphatic rings. The highest BCUT2D eigenvalue weighted by atomic mass is 79.9. The molecule has 24 heavy (non-hydrogen) atoms. The molecular weight excluding hydrogens is 399 g/mol. The molecule has 0 amide bonds. The van der Waals surface area contributed by atoms with Crippen molar-refractivity contribution in [3.05, 3.63) is 63.9 Å². The molecule has 2 aromatic carbocycles. The van der Waals surface area contributed by atoms with E-state index in [0.717, 1.165) is 6.26 Å². The Morgan fingerprint density at radius 1 is 1.08 bits per heavy atom. The summed E-state index contributed by atoms with van der Waals surface area (Å²) in [7, 11) is -3.29. The van der Waals surface area contributed by atoms with Gasteiger partial charge in [-0.05, 0) is 51.3 Å². The van der Waals surface area contributed by atoms with Gasteiger partial charge in [-0.15, -0.1) is 0 Å². The van der Waals surface area contributed by atoms with Crippen LogP contribution in [-0.2, 0) is 19.4 Å². The van der Waals surface area contributed by atoms with Crippen LogP contribution in [-0.4, -0.2) is 27.2 Å². The van der Waals surface area contributed by atoms with Crippen LogP contribution in [0.25, 0.3) is 11.1 Å². The smallest absolute Gasteiger partial charge is 0.339 e. The molecule has 0 aliphatic carbocycles. The highest BCUT2D eigenvalue weighted by molar-refractivity contribution is 9.10. The van der Waals surface area contributed by atoms with Crippen molar-refractivity contribution in [3.8, 4) is 0 Å². The Kier molecular flexibility index (Phi) is 4.31. The van der Waals surface area contributed by atoms with E-state index in [1.165, 1.54) is 30.3 Å². The van der Waals surface area contributed by atoms with Crippen LogP contribution in [0.5, 0.6) is 0 Å². The maximum Gasteiger partial charge on any atom is 0.339 e. The molecule has 0 saturated heterocycles. The minimum atomic E-state index is -3.29. The minimum absolute atomic E-state index is 0.0847. The first kappa shape index (κ1) is 16.9. The lowest BCUT2D eigenvalue weighted by atomic mass is 9.97. The number of rotatable bonds is 3. The zero-order chi connectivity index (χ0) is 17.5. The van der Waals surface area contributed by atoms with E-state index in [1.54, 1.807) is 12.1 Å². The lowest BCUT2D eigenvalue weighted by Crippen LogP contribution is -1.99. The maximum absolute atomic E-state index is 13.4. The second-order valence-electron chi connectivity index (χ2n) is 5.36. The normalized spacial score (nSPS) is 14.9. The number of carbonyl (C=O) groups excluding carboxylic acids is 1. The zero-order valence-electron chi connectivity index (χ0n) is 12.5. The van der Waals surface area contributed by atoms with Gasteiger partial charge in [0, 0.05) is 11.8 Å². The van der Waals surface area contributed by atoms with E-state index in [0.29, 0.717) is 22.3 Å². The van der Waals surface area contributed by atoms with Crippen molar-refractivity contribution in [1.29, 1.82) is 0 Å². The van der Waals surface area contributed by atoms with E-state index in [4.69, 9.17) is 4.74 Å². The fourth-order valence-corrected chi connectivity index (χ4v) is 3.49. The van der Waals surface area contributed by atoms with Gasteiger partial charge in [0.1, 0.15) is 12.4 Å². The number of halogens is 2. The molecule has 0 unspecified atom stereocenters. The van der Waals surface area contributed by atoms with E-state index in [1.807, 2.05) is 0 Å². The summed E-state index contributed by atoms with van der Waals surface area (Å²) in [4.78, 5) is 12.3. The molecular formula is C17H12BrFO4S. The van der Waals surface area contributed by atoms with Crippen molar-refractivity contribution in [2.45, 2.75) is 4.90 Å². The average Bonchev–Trinajstić information content (AvgIpc) is 2.91. The summed E-state index contributed by atoms with van der Waals surface area (Å²) < 4.78 is 41.9. The molecule has 7 heteroatoms. The van der Waals surface area contributed by atoms with Gasteiger partial charge in [0.15, 0.2) is 9.84 Å². The number of ether oxygens (including phenoxy) is 1. The number of benzene rings is 2. The van der Waals surface area contributed by atoms with Gasteiger partial charge in [-0.2, -0.15) is 0 Å². The lowest BCUT2D eigenvalue weighted by Gasteiger charge is -2.06. The molecule has 0 fully saturated rings. The van der Waals surface area contributed by atoms with E-state index in [2.05, 4.69) is 15.9 Å². The van der Waals surface area contributed by atoms with Crippen molar-refractivity contribution in [1.82, 2.24) is 0 Å². The highest BCUT2D eigenvalue weighted by Gasteiger charge is 2.27. The van der Waals surface area contributed by atoms with Crippen molar-refractivity contribution >= 4 is 42.9 Å². The fourth-order valence-electron chi connectivity index (χ4n) is 2.48. The first-order valence-electron chi connectivity index (χ1n) is 6.93. The first-order valence-corrected chi connectivity index (χ1v) is 9.62. The second-order valence-corrected chi connectivity index (χ2v) is 8.23. The summed E-state index contributed by atoms with van der Waals surface area (Å²) in [6.45, 7) is 0.0847. The van der Waals surface area contributed by atoms with Crippen molar-refractivity contribution in [2.75, 3.05) is 12.9 Å². The Hall–Kier alpha value is -1.99. The predicted octanol–water partition coefficient (Wildman–Crippen LogP) is 3.46. The molecule has 0 aromatic heterocycles. The minimum Gasteiger partial charge on any atom is -0.457 e. The first-order chi connectivity index (χ1) is 11.3. The van der Waals surface area contributed by atoms with Gasteiger partial charge in [-0.3, -0.25) is 0 Å². The topological polar surface area (TPSA) is 60.4 Å². The van der Waals surface area contributed by atoms with Gasteiger partial charge in [0.25, 0.3) is 0 Å². The molecule has 3 rings (SSSR count). The molecule has 124 valence electrons. The Morgan fingerprint density at radius 2 is 1.71 bits per heavy atom. The third kappa shape index (κ3) is 3.14. The van der Waals surface area contributed by atoms with Gasteiger partial charge < -0.3 is 4.74 Å². The van der Waals surface area contributed by atoms with Crippen LogP contribution in [0, 0.1) is 5.82 Å².